The van der Waals surface area contributed by atoms with Crippen LogP contribution in [0.4, 0.5) is 0 Å². The van der Waals surface area contributed by atoms with Gasteiger partial charge in [0.15, 0.2) is 11.5 Å². The number of para-hydroxylation sites is 1. The molecule has 0 bridgehead atoms. The first-order chi connectivity index (χ1) is 27.9. The first-order valence-electron chi connectivity index (χ1n) is 22.2. The molecule has 2 unspecified atom stereocenters. The maximum Gasteiger partial charge on any atom is 0.231 e. The van der Waals surface area contributed by atoms with Gasteiger partial charge in [-0.3, -0.25) is 0 Å². The van der Waals surface area contributed by atoms with Crippen LogP contribution in [0.25, 0.3) is 6.08 Å². The van der Waals surface area contributed by atoms with Crippen molar-refractivity contribution < 1.29 is 17.1 Å². The van der Waals surface area contributed by atoms with E-state index in [1.165, 1.54) is 85.2 Å². The lowest BCUT2D eigenvalue weighted by molar-refractivity contribution is 0.173. The van der Waals surface area contributed by atoms with Gasteiger partial charge < -0.3 is 40.4 Å². The number of hydrogen-bond donors (Lipinski definition) is 4. The number of hydrogen-bond acceptors (Lipinski definition) is 8. The molecule has 2 atom stereocenters. The van der Waals surface area contributed by atoms with E-state index in [2.05, 4.69) is 115 Å². The van der Waals surface area contributed by atoms with Gasteiger partial charge in [-0.2, -0.15) is 0 Å². The second-order valence-electron chi connectivity index (χ2n) is 14.6. The highest BCUT2D eigenvalue weighted by molar-refractivity contribution is 5.63. The van der Waals surface area contributed by atoms with E-state index in [1.54, 1.807) is 0 Å². The number of ether oxygens (including phenoxy) is 3. The summed E-state index contributed by atoms with van der Waals surface area (Å²) in [6.45, 7) is 25.8. The maximum absolute atomic E-state index is 5.63. The van der Waals surface area contributed by atoms with Crippen molar-refractivity contribution in [2.45, 2.75) is 139 Å². The molecule has 7 rings (SSSR count). The number of piperidine rings is 1. The van der Waals surface area contributed by atoms with E-state index < -0.39 is 0 Å². The van der Waals surface area contributed by atoms with Crippen LogP contribution < -0.4 is 35.5 Å². The van der Waals surface area contributed by atoms with Crippen molar-refractivity contribution in [3.05, 3.63) is 106 Å². The number of dihydropyridines is 2. The second kappa shape index (κ2) is 27.5. The van der Waals surface area contributed by atoms with Crippen molar-refractivity contribution in [2.75, 3.05) is 39.6 Å². The van der Waals surface area contributed by atoms with Gasteiger partial charge in [-0.15, -0.1) is 0 Å². The molecule has 5 heterocycles. The molecular weight excluding hydrogens is 707 g/mol. The predicted octanol–water partition coefficient (Wildman–Crippen LogP) is 11.3. The molecule has 8 heteroatoms. The number of nitrogens with one attached hydrogen (secondary N) is 4. The fraction of sp³-hybridized carbons (Fsp3) is 0.551. The third kappa shape index (κ3) is 16.0. The Hall–Kier alpha value is -4.14. The van der Waals surface area contributed by atoms with E-state index in [0.717, 1.165) is 62.1 Å². The number of allylic oxidation sites excluding steroid dienone is 1. The molecule has 57 heavy (non-hydrogen) atoms. The zero-order valence-electron chi connectivity index (χ0n) is 37.1. The lowest BCUT2D eigenvalue weighted by Gasteiger charge is -2.35. The van der Waals surface area contributed by atoms with Crippen molar-refractivity contribution in [3.63, 3.8) is 0 Å². The van der Waals surface area contributed by atoms with E-state index >= 15 is 0 Å². The summed E-state index contributed by atoms with van der Waals surface area (Å²) in [6, 6.07) is 13.0. The Kier molecular flexibility index (Phi) is 22.8. The molecule has 1 saturated heterocycles. The average molecular weight is 788 g/mol. The van der Waals surface area contributed by atoms with E-state index in [1.807, 2.05) is 45.9 Å². The molecule has 0 saturated carbocycles. The smallest absolute Gasteiger partial charge is 0.231 e. The van der Waals surface area contributed by atoms with Gasteiger partial charge in [0.05, 0.1) is 0 Å². The zero-order chi connectivity index (χ0) is 41.3. The largest absolute Gasteiger partial charge is 0.489 e. The minimum absolute atomic E-state index is 0. The lowest BCUT2D eigenvalue weighted by atomic mass is 10.0. The number of unbranched alkanes of at least 4 members (excludes halogenated alkanes) is 4. The second-order valence-corrected chi connectivity index (χ2v) is 14.6. The first kappa shape index (κ1) is 47.2. The van der Waals surface area contributed by atoms with Gasteiger partial charge >= 0.3 is 0 Å². The fourth-order valence-corrected chi connectivity index (χ4v) is 7.14. The third-order valence-electron chi connectivity index (χ3n) is 10.2. The topological polar surface area (TPSA) is 79.0 Å². The number of benzene rings is 2. The molecule has 0 amide bonds. The van der Waals surface area contributed by atoms with Gasteiger partial charge in [-0.05, 0) is 87.1 Å². The Morgan fingerprint density at radius 1 is 0.842 bits per heavy atom. The van der Waals surface area contributed by atoms with Crippen LogP contribution in [0.3, 0.4) is 0 Å². The maximum atomic E-state index is 5.63. The minimum atomic E-state index is 0. The Morgan fingerprint density at radius 3 is 2.28 bits per heavy atom. The number of fused-ring (bicyclic) bond motifs is 2. The van der Waals surface area contributed by atoms with Crippen molar-refractivity contribution in [3.8, 4) is 17.2 Å². The van der Waals surface area contributed by atoms with Crippen molar-refractivity contribution in [1.29, 1.82) is 0 Å². The van der Waals surface area contributed by atoms with Crippen molar-refractivity contribution in [1.82, 2.24) is 26.2 Å². The van der Waals surface area contributed by atoms with Crippen LogP contribution in [0.1, 0.15) is 133 Å². The number of nitrogens with zero attached hydrogens (tertiary/aromatic N) is 1. The van der Waals surface area contributed by atoms with Gasteiger partial charge in [-0.1, -0.05) is 116 Å². The molecule has 0 spiro atoms. The summed E-state index contributed by atoms with van der Waals surface area (Å²) in [7, 11) is 0. The van der Waals surface area contributed by atoms with Gasteiger partial charge in [0, 0.05) is 71.0 Å². The van der Waals surface area contributed by atoms with Crippen LogP contribution in [0.2, 0.25) is 0 Å². The molecule has 4 N–H and O–H groups in total. The summed E-state index contributed by atoms with van der Waals surface area (Å²) in [5.41, 5.74) is 7.57. The molecule has 5 aliphatic heterocycles. The van der Waals surface area contributed by atoms with Gasteiger partial charge in [-0.25, -0.2) is 0 Å². The third-order valence-corrected chi connectivity index (χ3v) is 10.2. The highest BCUT2D eigenvalue weighted by Crippen LogP contribution is 2.35. The molecule has 0 radical (unpaired) electrons. The van der Waals surface area contributed by atoms with E-state index in [0.29, 0.717) is 19.4 Å². The lowest BCUT2D eigenvalue weighted by Crippen LogP contribution is -2.41. The summed E-state index contributed by atoms with van der Waals surface area (Å²) >= 11 is 0. The van der Waals surface area contributed by atoms with Crippen LogP contribution in [0.15, 0.2) is 89.4 Å². The van der Waals surface area contributed by atoms with E-state index in [4.69, 9.17) is 14.2 Å². The van der Waals surface area contributed by atoms with Crippen LogP contribution in [-0.4, -0.2) is 56.6 Å². The van der Waals surface area contributed by atoms with Crippen molar-refractivity contribution >= 4 is 6.08 Å². The Balaban J connectivity index is 0.000000470. The highest BCUT2D eigenvalue weighted by Gasteiger charge is 2.22. The molecule has 2 aromatic carbocycles. The molecule has 0 aliphatic carbocycles. The first-order valence-corrected chi connectivity index (χ1v) is 22.2. The Labute approximate surface area is 350 Å². The summed E-state index contributed by atoms with van der Waals surface area (Å²) in [5, 5.41) is 14.1. The van der Waals surface area contributed by atoms with Crippen LogP contribution >= 0.6 is 0 Å². The number of rotatable bonds is 13. The van der Waals surface area contributed by atoms with Crippen molar-refractivity contribution in [2.24, 2.45) is 0 Å². The fourth-order valence-electron chi connectivity index (χ4n) is 7.14. The molecule has 1 fully saturated rings. The van der Waals surface area contributed by atoms with E-state index in [9.17, 15) is 0 Å². The average Bonchev–Trinajstić information content (AvgIpc) is 3.75. The number of likely N-dealkylation sites (tertiary alicyclic amines) is 1. The Bertz CT molecular complexity index is 1610. The normalized spacial score (nSPS) is 17.8. The molecule has 320 valence electrons. The van der Waals surface area contributed by atoms with Gasteiger partial charge in [0.1, 0.15) is 18.2 Å². The quantitative estimate of drug-likeness (QED) is 0.150. The monoisotopic (exact) mass is 788 g/mol. The summed E-state index contributed by atoms with van der Waals surface area (Å²) in [6.07, 6.45) is 24.2. The molecular formula is C49H81N5O3. The minimum Gasteiger partial charge on any atom is -0.489 e. The standard InChI is InChI=1S/C21H29N3O2.C17H20N2O.C7H16.2C2H6.2H2/c1-15-11-18(12-20(23-15)24-9-4-3-5-10-24)16(2)22-13-17-7-6-8-19-21(17)26-14-25-19;1-13-10-14(7-8-19-13)11-18-12-15-4-2-6-17-16(15)5-3-9-20-17;1-3-5-7-6-4-2;2*1-2;;/h6-8,11-12,15-16,22-23H,3-5,9-10,13-14H2,1-2H3;2-7,10,18-19H,8-9,11-12H2,1H3;3-7H2,1-2H3;2*1-2H3;2*1H. The van der Waals surface area contributed by atoms with Gasteiger partial charge in [0.2, 0.25) is 6.79 Å². The highest BCUT2D eigenvalue weighted by atomic mass is 16.7. The molecule has 0 aromatic heterocycles. The summed E-state index contributed by atoms with van der Waals surface area (Å²) < 4.78 is 16.7. The summed E-state index contributed by atoms with van der Waals surface area (Å²) in [4.78, 5) is 2.50. The van der Waals surface area contributed by atoms with Crippen LogP contribution in [0, 0.1) is 0 Å². The zero-order valence-corrected chi connectivity index (χ0v) is 37.1. The van der Waals surface area contributed by atoms with Crippen LogP contribution in [0.5, 0.6) is 17.2 Å². The van der Waals surface area contributed by atoms with Crippen LogP contribution in [-0.2, 0) is 13.1 Å². The van der Waals surface area contributed by atoms with E-state index in [-0.39, 0.29) is 8.90 Å². The molecule has 2 aromatic rings. The summed E-state index contributed by atoms with van der Waals surface area (Å²) in [5.74, 6) is 3.99. The SMILES string of the molecule is CC.CC.CC1=CC(CNCc2cccc3c2C=CCO3)=CCN1.CC1C=C(C(C)NCc2cccc3c2OCO3)C=C(N2CCCCC2)N1.CCCCCCC.[HH].[HH]. The Morgan fingerprint density at radius 2 is 1.56 bits per heavy atom. The van der Waals surface area contributed by atoms with Gasteiger partial charge in [0.25, 0.3) is 0 Å². The predicted molar refractivity (Wildman–Crippen MR) is 247 cm³/mol. The molecule has 8 nitrogen and oxygen atoms in total. The molecule has 5 aliphatic rings.